The van der Waals surface area contributed by atoms with Crippen molar-refractivity contribution < 1.29 is 19.1 Å². The van der Waals surface area contributed by atoms with Gasteiger partial charge in [0.05, 0.1) is 10.4 Å². The number of fused-ring (bicyclic) bond motifs is 1. The molecule has 1 aliphatic rings. The van der Waals surface area contributed by atoms with Crippen LogP contribution in [0.3, 0.4) is 0 Å². The predicted octanol–water partition coefficient (Wildman–Crippen LogP) is 4.52. The molecule has 2 heterocycles. The van der Waals surface area contributed by atoms with Crippen molar-refractivity contribution in [3.8, 4) is 5.75 Å². The zero-order valence-corrected chi connectivity index (χ0v) is 17.2. The van der Waals surface area contributed by atoms with E-state index < -0.39 is 5.97 Å². The molecule has 4 rings (SSSR count). The summed E-state index contributed by atoms with van der Waals surface area (Å²) in [5, 5.41) is 4.64. The molecule has 0 spiro atoms. The maximum atomic E-state index is 12.5. The molecule has 1 aromatic heterocycles. The van der Waals surface area contributed by atoms with Crippen molar-refractivity contribution >= 4 is 40.5 Å². The number of hydrogen-bond donors (Lipinski definition) is 1. The van der Waals surface area contributed by atoms with Crippen molar-refractivity contribution in [3.05, 3.63) is 76.0 Å². The number of anilines is 2. The van der Waals surface area contributed by atoms with Crippen LogP contribution in [-0.2, 0) is 11.2 Å². The van der Waals surface area contributed by atoms with Crippen molar-refractivity contribution in [2.75, 3.05) is 16.8 Å². The average Bonchev–Trinajstić information content (AvgIpc) is 3.44. The van der Waals surface area contributed by atoms with Gasteiger partial charge in [0, 0.05) is 24.3 Å². The van der Waals surface area contributed by atoms with E-state index in [9.17, 15) is 14.4 Å². The molecule has 0 radical (unpaired) electrons. The maximum absolute atomic E-state index is 12.5. The number of amides is 2. The monoisotopic (exact) mass is 420 g/mol. The summed E-state index contributed by atoms with van der Waals surface area (Å²) in [5.41, 5.74) is 2.89. The predicted molar refractivity (Wildman–Crippen MR) is 116 cm³/mol. The molecule has 0 unspecified atom stereocenters. The van der Waals surface area contributed by atoms with E-state index in [1.807, 2.05) is 18.4 Å². The molecule has 0 aliphatic carbocycles. The number of carbonyl (C=O) groups excluding carboxylic acids is 3. The van der Waals surface area contributed by atoms with Gasteiger partial charge >= 0.3 is 5.97 Å². The Balaban J connectivity index is 1.41. The first-order chi connectivity index (χ1) is 14.5. The molecule has 6 nitrogen and oxygen atoms in total. The van der Waals surface area contributed by atoms with E-state index in [2.05, 4.69) is 5.32 Å². The summed E-state index contributed by atoms with van der Waals surface area (Å²) in [6, 6.07) is 15.5. The number of carbonyl (C=O) groups is 3. The standard InChI is InChI=1S/C23H20N2O4S/c1-2-21(26)25-12-11-15-14-16(5-10-19(15)25)23(28)29-18-8-6-17(7-9-18)24-22(27)20-4-3-13-30-20/h3-10,13-14H,2,11-12H2,1H3,(H,24,27). The molecule has 0 fully saturated rings. The van der Waals surface area contributed by atoms with E-state index >= 15 is 0 Å². The van der Waals surface area contributed by atoms with Gasteiger partial charge in [-0.2, -0.15) is 0 Å². The van der Waals surface area contributed by atoms with Crippen LogP contribution in [0, 0.1) is 0 Å². The van der Waals surface area contributed by atoms with Crippen LogP contribution in [0.15, 0.2) is 60.0 Å². The Morgan fingerprint density at radius 3 is 2.60 bits per heavy atom. The highest BCUT2D eigenvalue weighted by atomic mass is 32.1. The van der Waals surface area contributed by atoms with Gasteiger partial charge in [-0.25, -0.2) is 4.79 Å². The molecule has 0 atom stereocenters. The minimum absolute atomic E-state index is 0.0790. The lowest BCUT2D eigenvalue weighted by Crippen LogP contribution is -2.27. The molecule has 7 heteroatoms. The summed E-state index contributed by atoms with van der Waals surface area (Å²) in [4.78, 5) is 39.0. The normalized spacial score (nSPS) is 12.4. The number of thiophene rings is 1. The maximum Gasteiger partial charge on any atom is 0.343 e. The Bertz CT molecular complexity index is 1090. The van der Waals surface area contributed by atoms with Gasteiger partial charge in [-0.15, -0.1) is 11.3 Å². The fourth-order valence-corrected chi connectivity index (χ4v) is 3.97. The third kappa shape index (κ3) is 4.11. The molecule has 1 aliphatic heterocycles. The van der Waals surface area contributed by atoms with Crippen LogP contribution in [0.25, 0.3) is 0 Å². The fourth-order valence-electron chi connectivity index (χ4n) is 3.35. The van der Waals surface area contributed by atoms with E-state index in [0.29, 0.717) is 34.8 Å². The molecule has 0 saturated heterocycles. The van der Waals surface area contributed by atoms with Gasteiger partial charge in [0.25, 0.3) is 5.91 Å². The number of hydrogen-bond acceptors (Lipinski definition) is 5. The van der Waals surface area contributed by atoms with E-state index in [4.69, 9.17) is 4.74 Å². The third-order valence-electron chi connectivity index (χ3n) is 4.88. The van der Waals surface area contributed by atoms with Gasteiger partial charge in [-0.3, -0.25) is 9.59 Å². The minimum atomic E-state index is -0.464. The zero-order valence-electron chi connectivity index (χ0n) is 16.4. The summed E-state index contributed by atoms with van der Waals surface area (Å²) in [6.45, 7) is 2.48. The SMILES string of the molecule is CCC(=O)N1CCc2cc(C(=O)Oc3ccc(NC(=O)c4cccs4)cc3)ccc21. The molecule has 2 aromatic carbocycles. The Morgan fingerprint density at radius 2 is 1.90 bits per heavy atom. The van der Waals surface area contributed by atoms with Gasteiger partial charge in [0.15, 0.2) is 0 Å². The quantitative estimate of drug-likeness (QED) is 0.486. The number of esters is 1. The number of ether oxygens (including phenoxy) is 1. The third-order valence-corrected chi connectivity index (χ3v) is 5.75. The average molecular weight is 420 g/mol. The van der Waals surface area contributed by atoms with Crippen molar-refractivity contribution in [2.24, 2.45) is 0 Å². The highest BCUT2D eigenvalue weighted by molar-refractivity contribution is 7.12. The summed E-state index contributed by atoms with van der Waals surface area (Å²) in [7, 11) is 0. The smallest absolute Gasteiger partial charge is 0.343 e. The van der Waals surface area contributed by atoms with Gasteiger partial charge in [-0.05, 0) is 65.9 Å². The lowest BCUT2D eigenvalue weighted by molar-refractivity contribution is -0.118. The van der Waals surface area contributed by atoms with Crippen LogP contribution in [0.4, 0.5) is 11.4 Å². The summed E-state index contributed by atoms with van der Waals surface area (Å²) in [5.74, 6) is -0.176. The number of nitrogens with one attached hydrogen (secondary N) is 1. The Hall–Kier alpha value is -3.45. The molecular formula is C23H20N2O4S. The van der Waals surface area contributed by atoms with E-state index in [-0.39, 0.29) is 11.8 Å². The van der Waals surface area contributed by atoms with Crippen LogP contribution in [-0.4, -0.2) is 24.3 Å². The molecule has 30 heavy (non-hydrogen) atoms. The molecule has 3 aromatic rings. The van der Waals surface area contributed by atoms with Gasteiger partial charge in [-0.1, -0.05) is 13.0 Å². The summed E-state index contributed by atoms with van der Waals surface area (Å²) in [6.07, 6.45) is 1.17. The topological polar surface area (TPSA) is 75.7 Å². The van der Waals surface area contributed by atoms with E-state index in [1.54, 1.807) is 53.4 Å². The first-order valence-corrected chi connectivity index (χ1v) is 10.5. The number of benzene rings is 2. The van der Waals surface area contributed by atoms with E-state index in [0.717, 1.165) is 17.7 Å². The van der Waals surface area contributed by atoms with Crippen LogP contribution < -0.4 is 15.0 Å². The van der Waals surface area contributed by atoms with Gasteiger partial charge in [0.1, 0.15) is 5.75 Å². The zero-order chi connectivity index (χ0) is 21.1. The van der Waals surface area contributed by atoms with Crippen LogP contribution in [0.5, 0.6) is 5.75 Å². The number of nitrogens with zero attached hydrogens (tertiary/aromatic N) is 1. The molecular weight excluding hydrogens is 400 g/mol. The minimum Gasteiger partial charge on any atom is -0.423 e. The molecule has 0 saturated carbocycles. The van der Waals surface area contributed by atoms with Crippen molar-refractivity contribution in [1.82, 2.24) is 0 Å². The highest BCUT2D eigenvalue weighted by Gasteiger charge is 2.24. The molecule has 0 bridgehead atoms. The van der Waals surface area contributed by atoms with Crippen LogP contribution in [0.2, 0.25) is 0 Å². The second-order valence-electron chi connectivity index (χ2n) is 6.84. The Kier molecular flexibility index (Phi) is 5.63. The molecule has 1 N–H and O–H groups in total. The van der Waals surface area contributed by atoms with E-state index in [1.165, 1.54) is 11.3 Å². The Morgan fingerprint density at radius 1 is 1.10 bits per heavy atom. The Labute approximate surface area is 178 Å². The summed E-state index contributed by atoms with van der Waals surface area (Å²) < 4.78 is 5.46. The van der Waals surface area contributed by atoms with Crippen molar-refractivity contribution in [1.29, 1.82) is 0 Å². The highest BCUT2D eigenvalue weighted by Crippen LogP contribution is 2.30. The first-order valence-electron chi connectivity index (χ1n) is 9.65. The lowest BCUT2D eigenvalue weighted by atomic mass is 10.1. The largest absolute Gasteiger partial charge is 0.423 e. The lowest BCUT2D eigenvalue weighted by Gasteiger charge is -2.16. The molecule has 2 amide bonds. The van der Waals surface area contributed by atoms with Crippen molar-refractivity contribution in [2.45, 2.75) is 19.8 Å². The second kappa shape index (κ2) is 8.51. The van der Waals surface area contributed by atoms with Crippen LogP contribution in [0.1, 0.15) is 38.9 Å². The van der Waals surface area contributed by atoms with Crippen molar-refractivity contribution in [3.63, 3.8) is 0 Å². The summed E-state index contributed by atoms with van der Waals surface area (Å²) >= 11 is 1.37. The fraction of sp³-hybridized carbons (Fsp3) is 0.174. The van der Waals surface area contributed by atoms with Crippen LogP contribution >= 0.6 is 11.3 Å². The number of rotatable bonds is 5. The van der Waals surface area contributed by atoms with Gasteiger partial charge in [0.2, 0.25) is 5.91 Å². The van der Waals surface area contributed by atoms with Gasteiger partial charge < -0.3 is 15.0 Å². The second-order valence-corrected chi connectivity index (χ2v) is 7.79. The molecule has 152 valence electrons. The first kappa shape index (κ1) is 19.8.